The molecule has 0 atom stereocenters. The molecule has 3 aromatic rings. The minimum absolute atomic E-state index is 0.247. The van der Waals surface area contributed by atoms with E-state index < -0.39 is 5.91 Å². The average Bonchev–Trinajstić information content (AvgIpc) is 3.00. The van der Waals surface area contributed by atoms with Crippen LogP contribution in [0.5, 0.6) is 0 Å². The Bertz CT molecular complexity index is 874. The molecule has 0 aliphatic rings. The Morgan fingerprint density at radius 3 is 2.25 bits per heavy atom. The Balaban J connectivity index is 1.73. The monoisotopic (exact) mass is 322 g/mol. The maximum atomic E-state index is 12.2. The lowest BCUT2D eigenvalue weighted by Crippen LogP contribution is -2.16. The molecule has 24 heavy (non-hydrogen) atoms. The van der Waals surface area contributed by atoms with Crippen molar-refractivity contribution in [3.8, 4) is 0 Å². The first kappa shape index (κ1) is 15.4. The Morgan fingerprint density at radius 1 is 0.958 bits per heavy atom. The van der Waals surface area contributed by atoms with Crippen LogP contribution in [-0.4, -0.2) is 22.0 Å². The minimum Gasteiger partial charge on any atom is -0.360 e. The number of carbonyl (C=O) groups excluding carboxylic acids is 2. The van der Waals surface area contributed by atoms with E-state index in [1.54, 1.807) is 25.1 Å². The van der Waals surface area contributed by atoms with Gasteiger partial charge in [0.2, 0.25) is 0 Å². The van der Waals surface area contributed by atoms with Crippen molar-refractivity contribution in [3.05, 3.63) is 71.7 Å². The third-order valence-electron chi connectivity index (χ3n) is 3.16. The van der Waals surface area contributed by atoms with Crippen LogP contribution >= 0.6 is 0 Å². The summed E-state index contributed by atoms with van der Waals surface area (Å²) >= 11 is 0. The lowest BCUT2D eigenvalue weighted by Gasteiger charge is -2.06. The highest BCUT2D eigenvalue weighted by atomic mass is 16.5. The molecule has 0 fully saturated rings. The molecule has 7 heteroatoms. The maximum absolute atomic E-state index is 12.2. The zero-order chi connectivity index (χ0) is 16.9. The van der Waals surface area contributed by atoms with E-state index in [0.29, 0.717) is 17.3 Å². The molecule has 2 N–H and O–H groups in total. The molecule has 2 heterocycles. The van der Waals surface area contributed by atoms with Crippen LogP contribution in [0.2, 0.25) is 0 Å². The first-order valence-electron chi connectivity index (χ1n) is 7.18. The second-order valence-electron chi connectivity index (χ2n) is 5.06. The standard InChI is InChI=1S/C17H14N4O3/c1-11-7-15(21-24-11)20-17(23)13-8-12(9-18-10-13)16(22)19-14-5-3-2-4-6-14/h2-10H,1H3,(H,19,22)(H,20,21,23). The molecule has 2 aromatic heterocycles. The molecule has 0 radical (unpaired) electrons. The highest BCUT2D eigenvalue weighted by Crippen LogP contribution is 2.12. The van der Waals surface area contributed by atoms with Crippen LogP contribution in [0.3, 0.4) is 0 Å². The molecule has 0 bridgehead atoms. The molecule has 0 aliphatic carbocycles. The van der Waals surface area contributed by atoms with Crippen molar-refractivity contribution in [1.29, 1.82) is 0 Å². The van der Waals surface area contributed by atoms with Crippen molar-refractivity contribution in [1.82, 2.24) is 10.1 Å². The van der Waals surface area contributed by atoms with Crippen molar-refractivity contribution < 1.29 is 14.1 Å². The zero-order valence-corrected chi connectivity index (χ0v) is 12.8. The number of amides is 2. The van der Waals surface area contributed by atoms with Gasteiger partial charge in [-0.1, -0.05) is 23.4 Å². The van der Waals surface area contributed by atoms with Crippen LogP contribution < -0.4 is 10.6 Å². The van der Waals surface area contributed by atoms with E-state index in [1.807, 2.05) is 18.2 Å². The molecule has 0 saturated carbocycles. The van der Waals surface area contributed by atoms with Gasteiger partial charge in [0.1, 0.15) is 5.76 Å². The van der Waals surface area contributed by atoms with Gasteiger partial charge in [0.25, 0.3) is 11.8 Å². The number of nitrogens with zero attached hydrogens (tertiary/aromatic N) is 2. The van der Waals surface area contributed by atoms with Crippen LogP contribution in [0, 0.1) is 6.92 Å². The second-order valence-corrected chi connectivity index (χ2v) is 5.06. The van der Waals surface area contributed by atoms with Crippen LogP contribution in [0.4, 0.5) is 11.5 Å². The number of hydrogen-bond acceptors (Lipinski definition) is 5. The minimum atomic E-state index is -0.426. The van der Waals surface area contributed by atoms with Crippen LogP contribution in [0.25, 0.3) is 0 Å². The number of rotatable bonds is 4. The number of benzene rings is 1. The molecule has 120 valence electrons. The molecular formula is C17H14N4O3. The zero-order valence-electron chi connectivity index (χ0n) is 12.8. The van der Waals surface area contributed by atoms with Crippen LogP contribution in [-0.2, 0) is 0 Å². The molecule has 3 rings (SSSR count). The normalized spacial score (nSPS) is 10.2. The van der Waals surface area contributed by atoms with Crippen LogP contribution in [0.15, 0.2) is 59.4 Å². The number of carbonyl (C=O) groups is 2. The van der Waals surface area contributed by atoms with E-state index in [2.05, 4.69) is 20.8 Å². The van der Waals surface area contributed by atoms with Gasteiger partial charge in [-0.3, -0.25) is 14.6 Å². The van der Waals surface area contributed by atoms with Gasteiger partial charge >= 0.3 is 0 Å². The highest BCUT2D eigenvalue weighted by Gasteiger charge is 2.13. The van der Waals surface area contributed by atoms with E-state index in [1.165, 1.54) is 18.5 Å². The average molecular weight is 322 g/mol. The molecule has 0 unspecified atom stereocenters. The van der Waals surface area contributed by atoms with E-state index in [9.17, 15) is 9.59 Å². The van der Waals surface area contributed by atoms with Gasteiger partial charge in [-0.05, 0) is 25.1 Å². The fourth-order valence-corrected chi connectivity index (χ4v) is 2.03. The molecule has 0 aliphatic heterocycles. The highest BCUT2D eigenvalue weighted by molar-refractivity contribution is 6.08. The SMILES string of the molecule is Cc1cc(NC(=O)c2cncc(C(=O)Nc3ccccc3)c2)no1. The molecular weight excluding hydrogens is 308 g/mol. The molecule has 1 aromatic carbocycles. The fraction of sp³-hybridized carbons (Fsp3) is 0.0588. The summed E-state index contributed by atoms with van der Waals surface area (Å²) in [6, 6.07) is 12.1. The third kappa shape index (κ3) is 3.64. The number of pyridine rings is 1. The summed E-state index contributed by atoms with van der Waals surface area (Å²) in [5.74, 6) is 0.113. The first-order valence-corrected chi connectivity index (χ1v) is 7.18. The lowest BCUT2D eigenvalue weighted by atomic mass is 10.2. The first-order chi connectivity index (χ1) is 11.6. The Hall–Kier alpha value is -3.48. The molecule has 0 spiro atoms. The summed E-state index contributed by atoms with van der Waals surface area (Å²) in [6.07, 6.45) is 2.77. The van der Waals surface area contributed by atoms with Crippen molar-refractivity contribution in [2.45, 2.75) is 6.92 Å². The number of hydrogen-bond donors (Lipinski definition) is 2. The number of anilines is 2. The fourth-order valence-electron chi connectivity index (χ4n) is 2.03. The summed E-state index contributed by atoms with van der Waals surface area (Å²) in [7, 11) is 0. The van der Waals surface area contributed by atoms with E-state index in [-0.39, 0.29) is 17.0 Å². The summed E-state index contributed by atoms with van der Waals surface area (Å²) in [5.41, 5.74) is 1.19. The summed E-state index contributed by atoms with van der Waals surface area (Å²) in [6.45, 7) is 1.72. The maximum Gasteiger partial charge on any atom is 0.258 e. The summed E-state index contributed by atoms with van der Waals surface area (Å²) < 4.78 is 4.89. The van der Waals surface area contributed by atoms with Gasteiger partial charge in [0.15, 0.2) is 5.82 Å². The smallest absolute Gasteiger partial charge is 0.258 e. The summed E-state index contributed by atoms with van der Waals surface area (Å²) in [5, 5.41) is 9.01. The van der Waals surface area contributed by atoms with Gasteiger partial charge < -0.3 is 15.2 Å². The number of aromatic nitrogens is 2. The molecule has 2 amide bonds. The van der Waals surface area contributed by atoms with E-state index in [0.717, 1.165) is 0 Å². The van der Waals surface area contributed by atoms with Crippen LogP contribution in [0.1, 0.15) is 26.5 Å². The van der Waals surface area contributed by atoms with E-state index in [4.69, 9.17) is 4.52 Å². The summed E-state index contributed by atoms with van der Waals surface area (Å²) in [4.78, 5) is 28.4. The quantitative estimate of drug-likeness (QED) is 0.770. The van der Waals surface area contributed by atoms with Gasteiger partial charge in [-0.2, -0.15) is 0 Å². The van der Waals surface area contributed by atoms with Gasteiger partial charge in [0.05, 0.1) is 11.1 Å². The number of nitrogens with one attached hydrogen (secondary N) is 2. The number of aryl methyl sites for hydroxylation is 1. The Kier molecular flexibility index (Phi) is 4.33. The van der Waals surface area contributed by atoms with E-state index >= 15 is 0 Å². The third-order valence-corrected chi connectivity index (χ3v) is 3.16. The predicted octanol–water partition coefficient (Wildman–Crippen LogP) is 2.88. The predicted molar refractivity (Wildman–Crippen MR) is 87.8 cm³/mol. The molecule has 0 saturated heterocycles. The lowest BCUT2D eigenvalue weighted by molar-refractivity contribution is 0.102. The van der Waals surface area contributed by atoms with Gasteiger partial charge in [-0.25, -0.2) is 0 Å². The number of para-hydroxylation sites is 1. The van der Waals surface area contributed by atoms with Gasteiger partial charge in [0, 0.05) is 24.1 Å². The molecule has 7 nitrogen and oxygen atoms in total. The topological polar surface area (TPSA) is 97.1 Å². The second kappa shape index (κ2) is 6.74. The largest absolute Gasteiger partial charge is 0.360 e. The van der Waals surface area contributed by atoms with Gasteiger partial charge in [-0.15, -0.1) is 0 Å². The Labute approximate surface area is 137 Å². The Morgan fingerprint density at radius 2 is 1.62 bits per heavy atom. The van der Waals surface area contributed by atoms with Crippen molar-refractivity contribution in [3.63, 3.8) is 0 Å². The van der Waals surface area contributed by atoms with Crippen molar-refractivity contribution in [2.75, 3.05) is 10.6 Å². The van der Waals surface area contributed by atoms with Crippen molar-refractivity contribution in [2.24, 2.45) is 0 Å². The van der Waals surface area contributed by atoms with Crippen molar-refractivity contribution >= 4 is 23.3 Å².